The number of carboxylic acid groups (broad SMARTS) is 1. The highest BCUT2D eigenvalue weighted by atomic mass is 32.1. The van der Waals surface area contributed by atoms with Gasteiger partial charge in [-0.1, -0.05) is 0 Å². The second-order valence-corrected chi connectivity index (χ2v) is 4.61. The largest absolute Gasteiger partial charge is 0.480 e. The van der Waals surface area contributed by atoms with Crippen molar-refractivity contribution in [2.45, 2.75) is 13.0 Å². The van der Waals surface area contributed by atoms with Gasteiger partial charge in [0, 0.05) is 24.2 Å². The molecule has 1 fully saturated rings. The van der Waals surface area contributed by atoms with Crippen LogP contribution in [-0.4, -0.2) is 47.3 Å². The minimum Gasteiger partial charge on any atom is -0.480 e. The lowest BCUT2D eigenvalue weighted by Crippen LogP contribution is -2.42. The van der Waals surface area contributed by atoms with Gasteiger partial charge in [0.05, 0.1) is 13.2 Å². The van der Waals surface area contributed by atoms with Crippen LogP contribution < -0.4 is 0 Å². The second kappa shape index (κ2) is 4.90. The molecule has 0 aromatic carbocycles. The molecule has 6 heteroatoms. The van der Waals surface area contributed by atoms with E-state index in [4.69, 9.17) is 4.74 Å². The summed E-state index contributed by atoms with van der Waals surface area (Å²) in [6.07, 6.45) is 0. The summed E-state index contributed by atoms with van der Waals surface area (Å²) in [6, 6.07) is -0.623. The highest BCUT2D eigenvalue weighted by Crippen LogP contribution is 2.25. The Balaban J connectivity index is 2.19. The van der Waals surface area contributed by atoms with Crippen molar-refractivity contribution < 1.29 is 14.6 Å². The van der Waals surface area contributed by atoms with Crippen LogP contribution >= 0.6 is 11.3 Å². The molecule has 0 saturated carbocycles. The maximum atomic E-state index is 11.3. The van der Waals surface area contributed by atoms with Gasteiger partial charge in [-0.25, -0.2) is 4.98 Å². The molecule has 1 aromatic heterocycles. The predicted molar refractivity (Wildman–Crippen MR) is 59.6 cm³/mol. The van der Waals surface area contributed by atoms with Crippen LogP contribution in [0.2, 0.25) is 0 Å². The van der Waals surface area contributed by atoms with Crippen LogP contribution in [0.4, 0.5) is 0 Å². The number of hydrogen-bond donors (Lipinski definition) is 1. The van der Waals surface area contributed by atoms with Crippen LogP contribution in [0.25, 0.3) is 0 Å². The molecule has 1 saturated heterocycles. The molecule has 1 aromatic rings. The van der Waals surface area contributed by atoms with Gasteiger partial charge in [0.25, 0.3) is 0 Å². The Morgan fingerprint density at radius 1 is 1.62 bits per heavy atom. The number of aromatic nitrogens is 1. The van der Waals surface area contributed by atoms with E-state index in [2.05, 4.69) is 4.98 Å². The summed E-state index contributed by atoms with van der Waals surface area (Å²) in [5, 5.41) is 11.8. The van der Waals surface area contributed by atoms with Crippen molar-refractivity contribution in [3.63, 3.8) is 0 Å². The first-order valence-corrected chi connectivity index (χ1v) is 6.03. The molecule has 1 aliphatic rings. The predicted octanol–water partition coefficient (Wildman–Crippen LogP) is 0.909. The summed E-state index contributed by atoms with van der Waals surface area (Å²) in [5.41, 5.74) is 0.875. The lowest BCUT2D eigenvalue weighted by atomic mass is 10.2. The molecule has 5 nitrogen and oxygen atoms in total. The molecule has 1 unspecified atom stereocenters. The van der Waals surface area contributed by atoms with Crippen molar-refractivity contribution in [3.8, 4) is 0 Å². The third kappa shape index (κ3) is 2.40. The molecular formula is C10H14N2O3S. The number of thiazole rings is 1. The van der Waals surface area contributed by atoms with Gasteiger partial charge in [-0.3, -0.25) is 9.69 Å². The van der Waals surface area contributed by atoms with Gasteiger partial charge in [-0.2, -0.15) is 0 Å². The molecule has 1 N–H and O–H groups in total. The minimum atomic E-state index is -0.837. The normalized spacial score (nSPS) is 19.6. The fraction of sp³-hybridized carbons (Fsp3) is 0.600. The molecule has 88 valence electrons. The number of morpholine rings is 1. The van der Waals surface area contributed by atoms with E-state index >= 15 is 0 Å². The summed E-state index contributed by atoms with van der Waals surface area (Å²) in [4.78, 5) is 17.5. The first-order chi connectivity index (χ1) is 7.68. The minimum absolute atomic E-state index is 0.591. The van der Waals surface area contributed by atoms with Crippen LogP contribution in [0.1, 0.15) is 16.7 Å². The van der Waals surface area contributed by atoms with Gasteiger partial charge in [0.15, 0.2) is 6.04 Å². The Morgan fingerprint density at radius 3 is 2.81 bits per heavy atom. The van der Waals surface area contributed by atoms with Gasteiger partial charge < -0.3 is 9.84 Å². The topological polar surface area (TPSA) is 62.7 Å². The maximum Gasteiger partial charge on any atom is 0.328 e. The van der Waals surface area contributed by atoms with Gasteiger partial charge in [0.1, 0.15) is 5.01 Å². The lowest BCUT2D eigenvalue weighted by molar-refractivity contribution is -0.145. The zero-order valence-corrected chi connectivity index (χ0v) is 9.87. The standard InChI is InChI=1S/C10H14N2O3S/c1-7-6-16-9(11-7)8(10(13)14)12-2-4-15-5-3-12/h6,8H,2-5H2,1H3,(H,13,14). The molecule has 1 aliphatic heterocycles. The first-order valence-electron chi connectivity index (χ1n) is 5.15. The van der Waals surface area contributed by atoms with E-state index in [1.807, 2.05) is 17.2 Å². The third-order valence-corrected chi connectivity index (χ3v) is 3.53. The number of ether oxygens (including phenoxy) is 1. The Morgan fingerprint density at radius 2 is 2.31 bits per heavy atom. The number of rotatable bonds is 3. The second-order valence-electron chi connectivity index (χ2n) is 3.72. The van der Waals surface area contributed by atoms with E-state index in [0.29, 0.717) is 31.3 Å². The Labute approximate surface area is 97.7 Å². The lowest BCUT2D eigenvalue weighted by Gasteiger charge is -2.30. The summed E-state index contributed by atoms with van der Waals surface area (Å²) in [7, 11) is 0. The molecular weight excluding hydrogens is 228 g/mol. The number of nitrogens with zero attached hydrogens (tertiary/aromatic N) is 2. The van der Waals surface area contributed by atoms with E-state index in [1.54, 1.807) is 0 Å². The monoisotopic (exact) mass is 242 g/mol. The summed E-state index contributed by atoms with van der Waals surface area (Å²) in [5.74, 6) is -0.837. The van der Waals surface area contributed by atoms with Crippen LogP contribution in [0.5, 0.6) is 0 Å². The first kappa shape index (κ1) is 11.5. The number of carbonyl (C=O) groups is 1. The number of carboxylic acids is 1. The van der Waals surface area contributed by atoms with Gasteiger partial charge >= 0.3 is 5.97 Å². The van der Waals surface area contributed by atoms with E-state index < -0.39 is 12.0 Å². The SMILES string of the molecule is Cc1csc(C(C(=O)O)N2CCOCC2)n1. The number of hydrogen-bond acceptors (Lipinski definition) is 5. The van der Waals surface area contributed by atoms with Crippen LogP contribution in [0.3, 0.4) is 0 Å². The zero-order valence-electron chi connectivity index (χ0n) is 9.05. The fourth-order valence-electron chi connectivity index (χ4n) is 1.75. The van der Waals surface area contributed by atoms with Crippen LogP contribution in [0.15, 0.2) is 5.38 Å². The van der Waals surface area contributed by atoms with Crippen molar-refractivity contribution in [1.29, 1.82) is 0 Å². The Hall–Kier alpha value is -0.980. The quantitative estimate of drug-likeness (QED) is 0.853. The van der Waals surface area contributed by atoms with Gasteiger partial charge in [-0.05, 0) is 6.92 Å². The molecule has 0 spiro atoms. The molecule has 1 atom stereocenters. The van der Waals surface area contributed by atoms with Crippen molar-refractivity contribution in [2.75, 3.05) is 26.3 Å². The van der Waals surface area contributed by atoms with E-state index in [9.17, 15) is 9.90 Å². The zero-order chi connectivity index (χ0) is 11.5. The average Bonchev–Trinajstić information content (AvgIpc) is 2.66. The van der Waals surface area contributed by atoms with Crippen LogP contribution in [-0.2, 0) is 9.53 Å². The molecule has 16 heavy (non-hydrogen) atoms. The number of aryl methyl sites for hydroxylation is 1. The highest BCUT2D eigenvalue weighted by molar-refractivity contribution is 7.09. The maximum absolute atomic E-state index is 11.3. The fourth-order valence-corrected chi connectivity index (χ4v) is 2.67. The Bertz CT molecular complexity index is 374. The summed E-state index contributed by atoms with van der Waals surface area (Å²) >= 11 is 1.41. The Kier molecular flexibility index (Phi) is 3.52. The van der Waals surface area contributed by atoms with Crippen molar-refractivity contribution >= 4 is 17.3 Å². The molecule has 0 radical (unpaired) electrons. The summed E-state index contributed by atoms with van der Waals surface area (Å²) < 4.78 is 5.22. The van der Waals surface area contributed by atoms with Gasteiger partial charge in [0.2, 0.25) is 0 Å². The molecule has 2 heterocycles. The van der Waals surface area contributed by atoms with E-state index in [1.165, 1.54) is 11.3 Å². The number of aliphatic carboxylic acids is 1. The highest BCUT2D eigenvalue weighted by Gasteiger charge is 2.30. The molecule has 2 rings (SSSR count). The smallest absolute Gasteiger partial charge is 0.328 e. The van der Waals surface area contributed by atoms with Crippen LogP contribution in [0, 0.1) is 6.92 Å². The van der Waals surface area contributed by atoms with E-state index in [0.717, 1.165) is 5.69 Å². The van der Waals surface area contributed by atoms with Gasteiger partial charge in [-0.15, -0.1) is 11.3 Å². The van der Waals surface area contributed by atoms with Crippen molar-refractivity contribution in [1.82, 2.24) is 9.88 Å². The third-order valence-electron chi connectivity index (χ3n) is 2.52. The average molecular weight is 242 g/mol. The van der Waals surface area contributed by atoms with Crippen molar-refractivity contribution in [2.24, 2.45) is 0 Å². The molecule has 0 bridgehead atoms. The molecule has 0 aliphatic carbocycles. The molecule has 0 amide bonds. The summed E-state index contributed by atoms with van der Waals surface area (Å²) in [6.45, 7) is 4.35. The van der Waals surface area contributed by atoms with E-state index in [-0.39, 0.29) is 0 Å². The van der Waals surface area contributed by atoms with Crippen molar-refractivity contribution in [3.05, 3.63) is 16.1 Å².